The van der Waals surface area contributed by atoms with Gasteiger partial charge >= 0.3 is 0 Å². The average Bonchev–Trinajstić information content (AvgIpc) is 3.04. The summed E-state index contributed by atoms with van der Waals surface area (Å²) in [5.74, 6) is 0. The Kier molecular flexibility index (Phi) is 3.83. The standard InChI is InChI=1S/C15H19NS2/c16-13(6-5-11-7-8-17-10-11)15-9-12-3-1-2-4-14(12)18-15/h7-10,13H,1-6,16H2. The van der Waals surface area contributed by atoms with E-state index in [1.807, 2.05) is 11.3 Å². The molecule has 1 aliphatic carbocycles. The Morgan fingerprint density at radius 1 is 1.28 bits per heavy atom. The highest BCUT2D eigenvalue weighted by Crippen LogP contribution is 2.33. The zero-order chi connectivity index (χ0) is 12.4. The van der Waals surface area contributed by atoms with Gasteiger partial charge in [0.1, 0.15) is 0 Å². The summed E-state index contributed by atoms with van der Waals surface area (Å²) in [5.41, 5.74) is 9.34. The summed E-state index contributed by atoms with van der Waals surface area (Å²) in [4.78, 5) is 3.00. The molecule has 3 rings (SSSR count). The van der Waals surface area contributed by atoms with Gasteiger partial charge in [0.2, 0.25) is 0 Å². The second kappa shape index (κ2) is 5.55. The van der Waals surface area contributed by atoms with Crippen molar-refractivity contribution in [1.29, 1.82) is 0 Å². The van der Waals surface area contributed by atoms with E-state index in [9.17, 15) is 0 Å². The van der Waals surface area contributed by atoms with Crippen molar-refractivity contribution in [3.8, 4) is 0 Å². The largest absolute Gasteiger partial charge is 0.323 e. The minimum atomic E-state index is 0.223. The summed E-state index contributed by atoms with van der Waals surface area (Å²) < 4.78 is 0. The molecule has 18 heavy (non-hydrogen) atoms. The van der Waals surface area contributed by atoms with E-state index in [-0.39, 0.29) is 6.04 Å². The second-order valence-electron chi connectivity index (χ2n) is 5.08. The molecule has 1 unspecified atom stereocenters. The van der Waals surface area contributed by atoms with Gasteiger partial charge in [-0.25, -0.2) is 0 Å². The molecule has 0 aromatic carbocycles. The molecule has 2 aromatic heterocycles. The summed E-state index contributed by atoms with van der Waals surface area (Å²) in [6.45, 7) is 0. The molecule has 2 N–H and O–H groups in total. The lowest BCUT2D eigenvalue weighted by Gasteiger charge is -2.08. The Hall–Kier alpha value is -0.640. The Bertz CT molecular complexity index is 475. The fraction of sp³-hybridized carbons (Fsp3) is 0.467. The predicted octanol–water partition coefficient (Wildman–Crippen LogP) is 4.32. The first kappa shape index (κ1) is 12.4. The van der Waals surface area contributed by atoms with Crippen molar-refractivity contribution < 1.29 is 0 Å². The maximum absolute atomic E-state index is 6.34. The van der Waals surface area contributed by atoms with Crippen molar-refractivity contribution in [2.24, 2.45) is 5.73 Å². The third-order valence-electron chi connectivity index (χ3n) is 3.71. The highest BCUT2D eigenvalue weighted by Gasteiger charge is 2.16. The first-order chi connectivity index (χ1) is 8.83. The molecule has 2 aromatic rings. The van der Waals surface area contributed by atoms with Gasteiger partial charge in [-0.15, -0.1) is 11.3 Å². The molecule has 1 aliphatic rings. The Balaban J connectivity index is 1.64. The molecule has 0 amide bonds. The fourth-order valence-corrected chi connectivity index (χ4v) is 4.59. The lowest BCUT2D eigenvalue weighted by Crippen LogP contribution is -2.09. The van der Waals surface area contributed by atoms with Crippen LogP contribution in [0.5, 0.6) is 0 Å². The normalized spacial score (nSPS) is 16.5. The zero-order valence-electron chi connectivity index (χ0n) is 10.5. The van der Waals surface area contributed by atoms with E-state index in [0.29, 0.717) is 0 Å². The molecular weight excluding hydrogens is 258 g/mol. The third kappa shape index (κ3) is 2.68. The van der Waals surface area contributed by atoms with E-state index in [0.717, 1.165) is 12.8 Å². The van der Waals surface area contributed by atoms with Crippen molar-refractivity contribution in [2.75, 3.05) is 0 Å². The highest BCUT2D eigenvalue weighted by molar-refractivity contribution is 7.12. The first-order valence-electron chi connectivity index (χ1n) is 6.71. The number of thiophene rings is 2. The summed E-state index contributed by atoms with van der Waals surface area (Å²) in [5, 5.41) is 4.37. The molecule has 1 nitrogen and oxygen atoms in total. The lowest BCUT2D eigenvalue weighted by molar-refractivity contribution is 0.661. The molecule has 0 bridgehead atoms. The summed E-state index contributed by atoms with van der Waals surface area (Å²) in [6, 6.07) is 4.80. The van der Waals surface area contributed by atoms with E-state index in [1.54, 1.807) is 21.8 Å². The van der Waals surface area contributed by atoms with E-state index in [4.69, 9.17) is 5.73 Å². The molecule has 3 heteroatoms. The van der Waals surface area contributed by atoms with Crippen LogP contribution in [0, 0.1) is 0 Å². The van der Waals surface area contributed by atoms with Crippen LogP contribution in [0.4, 0.5) is 0 Å². The van der Waals surface area contributed by atoms with Crippen LogP contribution in [0.25, 0.3) is 0 Å². The van der Waals surface area contributed by atoms with Crippen LogP contribution in [0.3, 0.4) is 0 Å². The SMILES string of the molecule is NC(CCc1ccsc1)c1cc2c(s1)CCCC2. The quantitative estimate of drug-likeness (QED) is 0.885. The van der Waals surface area contributed by atoms with Crippen molar-refractivity contribution >= 4 is 22.7 Å². The molecular formula is C15H19NS2. The van der Waals surface area contributed by atoms with Crippen LogP contribution in [-0.4, -0.2) is 0 Å². The molecule has 0 saturated carbocycles. The van der Waals surface area contributed by atoms with Gasteiger partial charge in [0.15, 0.2) is 0 Å². The lowest BCUT2D eigenvalue weighted by atomic mass is 9.98. The van der Waals surface area contributed by atoms with Gasteiger partial charge in [-0.2, -0.15) is 11.3 Å². The Labute approximate surface area is 117 Å². The average molecular weight is 277 g/mol. The summed E-state index contributed by atoms with van der Waals surface area (Å²) in [7, 11) is 0. The molecule has 0 fully saturated rings. The second-order valence-corrected chi connectivity index (χ2v) is 7.03. The number of nitrogens with two attached hydrogens (primary N) is 1. The minimum Gasteiger partial charge on any atom is -0.323 e. The van der Waals surface area contributed by atoms with Crippen molar-refractivity contribution in [2.45, 2.75) is 44.6 Å². The number of hydrogen-bond acceptors (Lipinski definition) is 3. The van der Waals surface area contributed by atoms with E-state index in [1.165, 1.54) is 36.1 Å². The summed E-state index contributed by atoms with van der Waals surface area (Å²) in [6.07, 6.45) is 7.42. The molecule has 0 spiro atoms. The first-order valence-corrected chi connectivity index (χ1v) is 8.47. The van der Waals surface area contributed by atoms with Crippen LogP contribution < -0.4 is 5.73 Å². The Morgan fingerprint density at radius 3 is 2.94 bits per heavy atom. The zero-order valence-corrected chi connectivity index (χ0v) is 12.2. The van der Waals surface area contributed by atoms with Gasteiger partial charge < -0.3 is 5.73 Å². The van der Waals surface area contributed by atoms with Crippen LogP contribution in [0.15, 0.2) is 22.9 Å². The minimum absolute atomic E-state index is 0.223. The highest BCUT2D eigenvalue weighted by atomic mass is 32.1. The molecule has 0 radical (unpaired) electrons. The van der Waals surface area contributed by atoms with Crippen LogP contribution >= 0.6 is 22.7 Å². The number of rotatable bonds is 4. The fourth-order valence-electron chi connectivity index (χ4n) is 2.60. The topological polar surface area (TPSA) is 26.0 Å². The van der Waals surface area contributed by atoms with Gasteiger partial charge in [0.25, 0.3) is 0 Å². The van der Waals surface area contributed by atoms with E-state index >= 15 is 0 Å². The Morgan fingerprint density at radius 2 is 2.17 bits per heavy atom. The molecule has 2 heterocycles. The molecule has 0 aliphatic heterocycles. The number of aryl methyl sites for hydroxylation is 3. The number of hydrogen-bond donors (Lipinski definition) is 1. The monoisotopic (exact) mass is 277 g/mol. The van der Waals surface area contributed by atoms with Gasteiger partial charge in [-0.3, -0.25) is 0 Å². The maximum Gasteiger partial charge on any atom is 0.0393 e. The van der Waals surface area contributed by atoms with E-state index in [2.05, 4.69) is 22.9 Å². The third-order valence-corrected chi connectivity index (χ3v) is 5.81. The molecule has 96 valence electrons. The van der Waals surface area contributed by atoms with Crippen LogP contribution in [-0.2, 0) is 19.3 Å². The van der Waals surface area contributed by atoms with Crippen LogP contribution in [0.1, 0.15) is 46.2 Å². The van der Waals surface area contributed by atoms with E-state index < -0.39 is 0 Å². The summed E-state index contributed by atoms with van der Waals surface area (Å²) >= 11 is 3.73. The van der Waals surface area contributed by atoms with Crippen molar-refractivity contribution in [3.63, 3.8) is 0 Å². The van der Waals surface area contributed by atoms with Gasteiger partial charge in [-0.05, 0) is 72.5 Å². The van der Waals surface area contributed by atoms with Gasteiger partial charge in [-0.1, -0.05) is 0 Å². The smallest absolute Gasteiger partial charge is 0.0393 e. The molecule has 0 saturated heterocycles. The van der Waals surface area contributed by atoms with Crippen molar-refractivity contribution in [3.05, 3.63) is 43.8 Å². The van der Waals surface area contributed by atoms with Gasteiger partial charge in [0.05, 0.1) is 0 Å². The van der Waals surface area contributed by atoms with Gasteiger partial charge in [0, 0.05) is 15.8 Å². The van der Waals surface area contributed by atoms with Crippen LogP contribution in [0.2, 0.25) is 0 Å². The number of fused-ring (bicyclic) bond motifs is 1. The molecule has 1 atom stereocenters. The predicted molar refractivity (Wildman–Crippen MR) is 80.5 cm³/mol. The van der Waals surface area contributed by atoms with Crippen molar-refractivity contribution in [1.82, 2.24) is 0 Å². The maximum atomic E-state index is 6.34.